The number of nitrogens with zero attached hydrogens (tertiary/aromatic N) is 1. The zero-order chi connectivity index (χ0) is 8.97. The van der Waals surface area contributed by atoms with E-state index in [1.54, 1.807) is 6.34 Å². The minimum absolute atomic E-state index is 0.486. The molecule has 0 saturated carbocycles. The second kappa shape index (κ2) is 3.74. The van der Waals surface area contributed by atoms with E-state index in [2.05, 4.69) is 16.6 Å². The highest BCUT2D eigenvalue weighted by atomic mass is 14.9. The molecule has 0 aliphatic carbocycles. The van der Waals surface area contributed by atoms with Crippen molar-refractivity contribution in [2.45, 2.75) is 19.8 Å². The van der Waals surface area contributed by atoms with Crippen molar-refractivity contribution in [1.82, 2.24) is 4.67 Å². The summed E-state index contributed by atoms with van der Waals surface area (Å²) >= 11 is 0. The van der Waals surface area contributed by atoms with Crippen LogP contribution in [0.4, 0.5) is 0 Å². The van der Waals surface area contributed by atoms with Gasteiger partial charge < -0.3 is 11.5 Å². The third-order valence-corrected chi connectivity index (χ3v) is 1.71. The van der Waals surface area contributed by atoms with Crippen LogP contribution >= 0.6 is 0 Å². The smallest absolute Gasteiger partial charge is 0.404 e. The van der Waals surface area contributed by atoms with Gasteiger partial charge in [-0.3, -0.25) is 0 Å². The van der Waals surface area contributed by atoms with Gasteiger partial charge in [0.05, 0.1) is 0 Å². The second-order valence-corrected chi connectivity index (χ2v) is 2.60. The lowest BCUT2D eigenvalue weighted by Crippen LogP contribution is -2.74. The Morgan fingerprint density at radius 1 is 1.67 bits per heavy atom. The molecule has 12 heavy (non-hydrogen) atoms. The van der Waals surface area contributed by atoms with Crippen molar-refractivity contribution in [2.75, 3.05) is 0 Å². The number of hydrogen-bond acceptors (Lipinski definition) is 2. The van der Waals surface area contributed by atoms with Crippen LogP contribution in [0.2, 0.25) is 0 Å². The molecule has 0 fully saturated rings. The molecule has 1 rings (SSSR count). The monoisotopic (exact) mass is 166 g/mol. The van der Waals surface area contributed by atoms with Crippen LogP contribution in [0.3, 0.4) is 0 Å². The van der Waals surface area contributed by atoms with E-state index in [-0.39, 0.29) is 0 Å². The lowest BCUT2D eigenvalue weighted by atomic mass is 10.1. The Kier molecular flexibility index (Phi) is 2.66. The molecule has 0 saturated heterocycles. The highest BCUT2D eigenvalue weighted by Gasteiger charge is 2.25. The van der Waals surface area contributed by atoms with Crippen LogP contribution in [-0.2, 0) is 0 Å². The first-order chi connectivity index (χ1) is 5.79. The molecule has 0 aromatic carbocycles. The van der Waals surface area contributed by atoms with E-state index in [1.165, 1.54) is 6.20 Å². The van der Waals surface area contributed by atoms with Gasteiger partial charge in [0, 0.05) is 17.3 Å². The van der Waals surface area contributed by atoms with Gasteiger partial charge >= 0.3 is 12.2 Å². The summed E-state index contributed by atoms with van der Waals surface area (Å²) in [6, 6.07) is 0. The molecule has 0 amide bonds. The molecule has 1 aliphatic heterocycles. The first-order valence-corrected chi connectivity index (χ1v) is 3.99. The summed E-state index contributed by atoms with van der Waals surface area (Å²) in [6.07, 6.45) is 5.08. The van der Waals surface area contributed by atoms with E-state index in [0.717, 1.165) is 24.1 Å². The summed E-state index contributed by atoms with van der Waals surface area (Å²) in [5.41, 5.74) is 12.9. The summed E-state index contributed by atoms with van der Waals surface area (Å²) in [5.74, 6) is 0.486. The van der Waals surface area contributed by atoms with Crippen LogP contribution in [0, 0.1) is 0 Å². The summed E-state index contributed by atoms with van der Waals surface area (Å²) in [7, 11) is 0. The van der Waals surface area contributed by atoms with Gasteiger partial charge in [0.25, 0.3) is 0 Å². The van der Waals surface area contributed by atoms with E-state index in [9.17, 15) is 0 Å². The predicted molar refractivity (Wildman–Crippen MR) is 50.5 cm³/mol. The van der Waals surface area contributed by atoms with Crippen LogP contribution in [0.15, 0.2) is 11.8 Å². The number of nitrogens with one attached hydrogen (secondary N) is 1. The predicted octanol–water partition coefficient (Wildman–Crippen LogP) is -2.38. The van der Waals surface area contributed by atoms with Crippen molar-refractivity contribution in [3.8, 4) is 0 Å². The fourth-order valence-corrected chi connectivity index (χ4v) is 1.12. The Hall–Kier alpha value is -1.54. The van der Waals surface area contributed by atoms with Crippen molar-refractivity contribution < 1.29 is 4.99 Å². The van der Waals surface area contributed by atoms with E-state index in [4.69, 9.17) is 11.5 Å². The normalized spacial score (nSPS) is 19.2. The van der Waals surface area contributed by atoms with Gasteiger partial charge in [-0.1, -0.05) is 6.92 Å². The fraction of sp³-hybridized carbons (Fsp3) is 0.375. The molecule has 0 spiro atoms. The average Bonchev–Trinajstić information content (AvgIpc) is 2.05. The molecule has 4 heteroatoms. The van der Waals surface area contributed by atoms with Gasteiger partial charge in [0.1, 0.15) is 0 Å². The quantitative estimate of drug-likeness (QED) is 0.400. The first kappa shape index (κ1) is 8.56. The van der Waals surface area contributed by atoms with Crippen LogP contribution < -0.4 is 21.1 Å². The van der Waals surface area contributed by atoms with Gasteiger partial charge in [-0.25, -0.2) is 0 Å². The zero-order valence-electron chi connectivity index (χ0n) is 7.17. The van der Waals surface area contributed by atoms with Gasteiger partial charge in [0.2, 0.25) is 5.71 Å². The average molecular weight is 166 g/mol. The highest BCUT2D eigenvalue weighted by Crippen LogP contribution is 1.98. The Labute approximate surface area is 71.4 Å². The minimum atomic E-state index is 0.486. The van der Waals surface area contributed by atoms with Gasteiger partial charge in [-0.2, -0.15) is 0 Å². The molecule has 0 unspecified atom stereocenters. The molecular formula is C8H14N4+2. The van der Waals surface area contributed by atoms with Crippen molar-refractivity contribution in [3.63, 3.8) is 0 Å². The zero-order valence-corrected chi connectivity index (χ0v) is 7.17. The summed E-state index contributed by atoms with van der Waals surface area (Å²) in [4.78, 5) is 3.03. The van der Waals surface area contributed by atoms with E-state index in [0.29, 0.717) is 5.84 Å². The van der Waals surface area contributed by atoms with Crippen molar-refractivity contribution >= 4 is 17.9 Å². The molecule has 1 heterocycles. The molecular weight excluding hydrogens is 152 g/mol. The van der Waals surface area contributed by atoms with Gasteiger partial charge in [-0.15, -0.1) is 4.99 Å². The summed E-state index contributed by atoms with van der Waals surface area (Å²) in [5, 5.41) is 0. The van der Waals surface area contributed by atoms with Crippen LogP contribution in [-0.4, -0.2) is 17.9 Å². The summed E-state index contributed by atoms with van der Waals surface area (Å²) in [6.45, 7) is 2.10. The molecule has 5 N–H and O–H groups in total. The Morgan fingerprint density at radius 3 is 3.00 bits per heavy atom. The standard InChI is InChI=1S/C8H12N4/c1-2-3-7-6(4-9)8(10)12-5-11-7/h4-5H,2-3H2,1H3,(H3,9,10,11,12)/p+2. The third-order valence-electron chi connectivity index (χ3n) is 1.71. The van der Waals surface area contributed by atoms with E-state index < -0.39 is 0 Å². The lowest BCUT2D eigenvalue weighted by molar-refractivity contribution is -0.305. The van der Waals surface area contributed by atoms with E-state index in [1.807, 2.05) is 0 Å². The minimum Gasteiger partial charge on any atom is -0.404 e. The van der Waals surface area contributed by atoms with Crippen LogP contribution in [0.1, 0.15) is 19.8 Å². The van der Waals surface area contributed by atoms with Crippen LogP contribution in [0.5, 0.6) is 0 Å². The molecule has 0 aromatic rings. The van der Waals surface area contributed by atoms with Gasteiger partial charge in [-0.05, 0) is 6.42 Å². The molecule has 0 atom stereocenters. The topological polar surface area (TPSA) is 80.1 Å². The molecule has 64 valence electrons. The molecule has 1 aliphatic rings. The third kappa shape index (κ3) is 1.54. The maximum Gasteiger partial charge on any atom is 0.522 e. The van der Waals surface area contributed by atoms with Crippen LogP contribution in [0.25, 0.3) is 0 Å². The Bertz CT molecular complexity index is 292. The Balaban J connectivity index is 2.93. The molecule has 0 bridgehead atoms. The van der Waals surface area contributed by atoms with Crippen molar-refractivity contribution in [2.24, 2.45) is 11.5 Å². The fourth-order valence-electron chi connectivity index (χ4n) is 1.12. The Morgan fingerprint density at radius 2 is 2.42 bits per heavy atom. The maximum absolute atomic E-state index is 5.62. The lowest BCUT2D eigenvalue weighted by Gasteiger charge is -1.96. The van der Waals surface area contributed by atoms with E-state index >= 15 is 0 Å². The van der Waals surface area contributed by atoms with Crippen molar-refractivity contribution in [1.29, 1.82) is 0 Å². The molecule has 4 nitrogen and oxygen atoms in total. The van der Waals surface area contributed by atoms with Crippen molar-refractivity contribution in [3.05, 3.63) is 11.8 Å². The largest absolute Gasteiger partial charge is 0.522 e. The second-order valence-electron chi connectivity index (χ2n) is 2.60. The molecule has 0 aromatic heterocycles. The number of hydrogen-bond donors (Lipinski definition) is 3. The number of amidine groups is 1. The highest BCUT2D eigenvalue weighted by molar-refractivity contribution is 6.22. The first-order valence-electron chi connectivity index (χ1n) is 3.99. The number of rotatable bonds is 2. The van der Waals surface area contributed by atoms with Gasteiger partial charge in [0.15, 0.2) is 5.57 Å². The maximum atomic E-state index is 5.62. The summed E-state index contributed by atoms with van der Waals surface area (Å²) < 4.78 is 3.90. The number of nitrogens with two attached hydrogens (primary N) is 2. The molecule has 0 radical (unpaired) electrons. The SMILES string of the molecule is CCCC1=[NH+]C=[N+]=C(N)C1=CN.